The summed E-state index contributed by atoms with van der Waals surface area (Å²) in [6.07, 6.45) is 3.00. The van der Waals surface area contributed by atoms with Gasteiger partial charge in [-0.25, -0.2) is 4.98 Å². The number of aromatic nitrogens is 1. The molecule has 1 unspecified atom stereocenters. The minimum absolute atomic E-state index is 0.329. The summed E-state index contributed by atoms with van der Waals surface area (Å²) in [5.41, 5.74) is 7.12. The summed E-state index contributed by atoms with van der Waals surface area (Å²) in [6.45, 7) is 9.93. The molecule has 3 nitrogen and oxygen atoms in total. The number of rotatable bonds is 4. The van der Waals surface area contributed by atoms with Gasteiger partial charge in [-0.3, -0.25) is 0 Å². The molecule has 1 heterocycles. The van der Waals surface area contributed by atoms with Gasteiger partial charge in [0.1, 0.15) is 5.82 Å². The highest BCUT2D eigenvalue weighted by molar-refractivity contribution is 5.30. The normalized spacial score (nSPS) is 13.8. The van der Waals surface area contributed by atoms with E-state index in [9.17, 15) is 0 Å². The molecule has 0 bridgehead atoms. The first-order valence-corrected chi connectivity index (χ1v) is 5.83. The minimum atomic E-state index is 0.329. The Morgan fingerprint density at radius 3 is 2.56 bits per heavy atom. The maximum absolute atomic E-state index is 5.55. The van der Waals surface area contributed by atoms with E-state index in [4.69, 9.17) is 5.73 Å². The third-order valence-electron chi connectivity index (χ3n) is 2.63. The monoisotopic (exact) mass is 221 g/mol. The van der Waals surface area contributed by atoms with Gasteiger partial charge in [0, 0.05) is 12.2 Å². The lowest BCUT2D eigenvalue weighted by molar-refractivity contribution is 0.358. The molecule has 90 valence electrons. The number of hydrogen-bond donors (Lipinski definition) is 2. The average Bonchev–Trinajstić information content (AvgIpc) is 2.16. The van der Waals surface area contributed by atoms with Gasteiger partial charge in [0.15, 0.2) is 0 Å². The van der Waals surface area contributed by atoms with Crippen LogP contribution in [0.2, 0.25) is 0 Å². The molecule has 1 atom stereocenters. The van der Waals surface area contributed by atoms with Gasteiger partial charge in [-0.1, -0.05) is 26.8 Å². The molecular formula is C13H23N3. The van der Waals surface area contributed by atoms with Crippen molar-refractivity contribution in [3.05, 3.63) is 23.9 Å². The van der Waals surface area contributed by atoms with Gasteiger partial charge in [-0.05, 0) is 36.9 Å². The molecule has 0 aromatic carbocycles. The Bertz CT molecular complexity index is 311. The maximum Gasteiger partial charge on any atom is 0.123 e. The summed E-state index contributed by atoms with van der Waals surface area (Å²) in [7, 11) is 0. The fourth-order valence-corrected chi connectivity index (χ4v) is 1.45. The molecule has 0 aliphatic carbocycles. The molecule has 0 saturated heterocycles. The highest BCUT2D eigenvalue weighted by Gasteiger charge is 2.11. The predicted molar refractivity (Wildman–Crippen MR) is 69.1 cm³/mol. The fourth-order valence-electron chi connectivity index (χ4n) is 1.45. The molecule has 0 aliphatic rings. The molecule has 0 saturated carbocycles. The van der Waals surface area contributed by atoms with Crippen LogP contribution < -0.4 is 11.1 Å². The van der Waals surface area contributed by atoms with Gasteiger partial charge in [-0.2, -0.15) is 0 Å². The number of nitrogen functional groups attached to an aromatic ring is 1. The van der Waals surface area contributed by atoms with Crippen molar-refractivity contribution in [3.8, 4) is 0 Å². The largest absolute Gasteiger partial charge is 0.384 e. The van der Waals surface area contributed by atoms with E-state index in [0.29, 0.717) is 17.3 Å². The van der Waals surface area contributed by atoms with Crippen molar-refractivity contribution in [1.29, 1.82) is 0 Å². The fraction of sp³-hybridized carbons (Fsp3) is 0.615. The first-order valence-electron chi connectivity index (χ1n) is 5.83. The molecule has 0 radical (unpaired) electrons. The third-order valence-corrected chi connectivity index (χ3v) is 2.63. The standard InChI is InChI=1S/C13H23N3/c1-10(15-8-7-13(2,3)4)11-5-6-12(14)16-9-11/h5-6,9-10,15H,7-8H2,1-4H3,(H2,14,16). The van der Waals surface area contributed by atoms with Gasteiger partial charge in [0.25, 0.3) is 0 Å². The second-order valence-electron chi connectivity index (χ2n) is 5.50. The Morgan fingerprint density at radius 1 is 1.38 bits per heavy atom. The molecule has 0 fully saturated rings. The van der Waals surface area contributed by atoms with Gasteiger partial charge in [0.05, 0.1) is 0 Å². The molecule has 1 rings (SSSR count). The van der Waals surface area contributed by atoms with Crippen LogP contribution in [0.1, 0.15) is 45.7 Å². The Balaban J connectivity index is 2.41. The Morgan fingerprint density at radius 2 is 2.06 bits per heavy atom. The number of pyridine rings is 1. The lowest BCUT2D eigenvalue weighted by atomic mass is 9.92. The Hall–Kier alpha value is -1.09. The van der Waals surface area contributed by atoms with Gasteiger partial charge in [0.2, 0.25) is 0 Å². The lowest BCUT2D eigenvalue weighted by Crippen LogP contribution is -2.23. The van der Waals surface area contributed by atoms with Crippen LogP contribution in [-0.2, 0) is 0 Å². The maximum atomic E-state index is 5.55. The molecule has 0 spiro atoms. The molecule has 1 aromatic heterocycles. The summed E-state index contributed by atoms with van der Waals surface area (Å²) in [6, 6.07) is 4.20. The molecular weight excluding hydrogens is 198 g/mol. The number of nitrogens with one attached hydrogen (secondary N) is 1. The molecule has 3 heteroatoms. The van der Waals surface area contributed by atoms with Crippen LogP contribution in [-0.4, -0.2) is 11.5 Å². The van der Waals surface area contributed by atoms with Crippen molar-refractivity contribution in [2.45, 2.75) is 40.2 Å². The van der Waals surface area contributed by atoms with Crippen LogP contribution in [0.15, 0.2) is 18.3 Å². The first-order chi connectivity index (χ1) is 7.38. The van der Waals surface area contributed by atoms with E-state index in [1.807, 2.05) is 18.3 Å². The average molecular weight is 221 g/mol. The minimum Gasteiger partial charge on any atom is -0.384 e. The van der Waals surface area contributed by atoms with E-state index in [2.05, 4.69) is 38.0 Å². The van der Waals surface area contributed by atoms with Crippen molar-refractivity contribution in [2.75, 3.05) is 12.3 Å². The van der Waals surface area contributed by atoms with Crippen LogP contribution in [0, 0.1) is 5.41 Å². The van der Waals surface area contributed by atoms with E-state index in [0.717, 1.165) is 6.54 Å². The molecule has 16 heavy (non-hydrogen) atoms. The summed E-state index contributed by atoms with van der Waals surface area (Å²) in [5.74, 6) is 0.575. The summed E-state index contributed by atoms with van der Waals surface area (Å²) >= 11 is 0. The third kappa shape index (κ3) is 4.62. The second-order valence-corrected chi connectivity index (χ2v) is 5.50. The second kappa shape index (κ2) is 5.30. The Kier molecular flexibility index (Phi) is 4.30. The highest BCUT2D eigenvalue weighted by atomic mass is 14.9. The van der Waals surface area contributed by atoms with E-state index in [1.54, 1.807) is 0 Å². The Labute approximate surface area is 98.5 Å². The van der Waals surface area contributed by atoms with Crippen LogP contribution in [0.25, 0.3) is 0 Å². The van der Waals surface area contributed by atoms with E-state index >= 15 is 0 Å². The van der Waals surface area contributed by atoms with Crippen LogP contribution >= 0.6 is 0 Å². The van der Waals surface area contributed by atoms with Gasteiger partial charge >= 0.3 is 0 Å². The zero-order chi connectivity index (χ0) is 12.2. The number of anilines is 1. The molecule has 1 aromatic rings. The van der Waals surface area contributed by atoms with E-state index in [1.165, 1.54) is 12.0 Å². The molecule has 0 amide bonds. The number of nitrogens with two attached hydrogens (primary N) is 1. The smallest absolute Gasteiger partial charge is 0.123 e. The van der Waals surface area contributed by atoms with Crippen molar-refractivity contribution in [2.24, 2.45) is 5.41 Å². The van der Waals surface area contributed by atoms with Crippen molar-refractivity contribution in [3.63, 3.8) is 0 Å². The quantitative estimate of drug-likeness (QED) is 0.822. The van der Waals surface area contributed by atoms with E-state index in [-0.39, 0.29) is 0 Å². The van der Waals surface area contributed by atoms with Crippen LogP contribution in [0.5, 0.6) is 0 Å². The lowest BCUT2D eigenvalue weighted by Gasteiger charge is -2.20. The van der Waals surface area contributed by atoms with Gasteiger partial charge < -0.3 is 11.1 Å². The first kappa shape index (κ1) is 13.0. The zero-order valence-electron chi connectivity index (χ0n) is 10.7. The van der Waals surface area contributed by atoms with Crippen molar-refractivity contribution in [1.82, 2.24) is 10.3 Å². The zero-order valence-corrected chi connectivity index (χ0v) is 10.7. The molecule has 0 aliphatic heterocycles. The van der Waals surface area contributed by atoms with Crippen molar-refractivity contribution < 1.29 is 0 Å². The SMILES string of the molecule is CC(NCCC(C)(C)C)c1ccc(N)nc1. The van der Waals surface area contributed by atoms with Crippen LogP contribution in [0.4, 0.5) is 5.82 Å². The molecule has 3 N–H and O–H groups in total. The topological polar surface area (TPSA) is 50.9 Å². The van der Waals surface area contributed by atoms with E-state index < -0.39 is 0 Å². The van der Waals surface area contributed by atoms with Gasteiger partial charge in [-0.15, -0.1) is 0 Å². The summed E-state index contributed by atoms with van der Waals surface area (Å²) in [5, 5.41) is 3.49. The highest BCUT2D eigenvalue weighted by Crippen LogP contribution is 2.18. The predicted octanol–water partition coefficient (Wildman–Crippen LogP) is 2.75. The summed E-state index contributed by atoms with van der Waals surface area (Å²) < 4.78 is 0. The number of hydrogen-bond acceptors (Lipinski definition) is 3. The van der Waals surface area contributed by atoms with Crippen LogP contribution in [0.3, 0.4) is 0 Å². The van der Waals surface area contributed by atoms with Crippen molar-refractivity contribution >= 4 is 5.82 Å². The number of nitrogens with zero attached hydrogens (tertiary/aromatic N) is 1. The summed E-state index contributed by atoms with van der Waals surface area (Å²) in [4.78, 5) is 4.09.